The summed E-state index contributed by atoms with van der Waals surface area (Å²) in [7, 11) is 0. The van der Waals surface area contributed by atoms with Crippen molar-refractivity contribution in [3.8, 4) is 0 Å². The number of alkyl halides is 9. The second kappa shape index (κ2) is 62.5. The molecule has 9 rings (SSSR count). The summed E-state index contributed by atoms with van der Waals surface area (Å²) in [6.07, 6.45) is -28.2. The normalized spacial score (nSPS) is 31.3. The van der Waals surface area contributed by atoms with Gasteiger partial charge < -0.3 is 129 Å². The fourth-order valence-corrected chi connectivity index (χ4v) is 17.1. The Morgan fingerprint density at radius 1 is 0.357 bits per heavy atom. The lowest BCUT2D eigenvalue weighted by Gasteiger charge is -2.43. The maximum Gasteiger partial charge on any atom is 0.404 e. The van der Waals surface area contributed by atoms with Crippen molar-refractivity contribution in [2.45, 2.75) is 293 Å². The highest BCUT2D eigenvalue weighted by Crippen LogP contribution is 2.32. The van der Waals surface area contributed by atoms with Gasteiger partial charge in [-0.15, -0.1) is 0 Å². The van der Waals surface area contributed by atoms with Gasteiger partial charge in [-0.25, -0.2) is 31.3 Å². The lowest BCUT2D eigenvalue weighted by molar-refractivity contribution is -0.186. The topological polar surface area (TPSA) is 637 Å². The van der Waals surface area contributed by atoms with Gasteiger partial charge in [0.1, 0.15) is 111 Å². The second-order valence-corrected chi connectivity index (χ2v) is 36.2. The summed E-state index contributed by atoms with van der Waals surface area (Å²) in [4.78, 5) is 66.4. The first-order chi connectivity index (χ1) is 67.0. The summed E-state index contributed by atoms with van der Waals surface area (Å²) in [5.41, 5.74) is 16.8. The van der Waals surface area contributed by atoms with Crippen LogP contribution in [0.3, 0.4) is 0 Å². The van der Waals surface area contributed by atoms with E-state index in [4.69, 9.17) is 61.9 Å². The van der Waals surface area contributed by atoms with E-state index < -0.39 is 216 Å². The summed E-state index contributed by atoms with van der Waals surface area (Å²) < 4.78 is 195. The Balaban J connectivity index is 0.694. The van der Waals surface area contributed by atoms with Crippen LogP contribution in [-0.4, -0.2) is 464 Å². The summed E-state index contributed by atoms with van der Waals surface area (Å²) in [6, 6.07) is -9.92. The zero-order valence-corrected chi connectivity index (χ0v) is 78.7. The van der Waals surface area contributed by atoms with Gasteiger partial charge in [-0.3, -0.25) is 71.8 Å². The molecule has 9 heterocycles. The summed E-state index contributed by atoms with van der Waals surface area (Å²) >= 11 is 0. The third-order valence-corrected chi connectivity index (χ3v) is 25.2. The first-order valence-corrected chi connectivity index (χ1v) is 48.3. The van der Waals surface area contributed by atoms with Crippen molar-refractivity contribution in [2.24, 2.45) is 0 Å². The zero-order chi connectivity index (χ0) is 101. The fourth-order valence-electron chi connectivity index (χ4n) is 17.1. The molecule has 9 aliphatic rings. The number of rotatable bonds is 66. The van der Waals surface area contributed by atoms with E-state index in [1.54, 1.807) is 15.0 Å². The number of ether oxygens (including phenoxy) is 12. The molecule has 0 radical (unpaired) electrons. The second-order valence-electron chi connectivity index (χ2n) is 36.2. The van der Waals surface area contributed by atoms with Crippen molar-refractivity contribution in [2.75, 3.05) is 198 Å². The first kappa shape index (κ1) is 119. The van der Waals surface area contributed by atoms with E-state index in [0.717, 1.165) is 32.1 Å². The zero-order valence-electron chi connectivity index (χ0n) is 78.7. The maximum absolute atomic E-state index is 14.1. The minimum Gasteiger partial charge on any atom is -0.481 e. The molecular weight excluding hydrogens is 1900 g/mol. The van der Waals surface area contributed by atoms with Gasteiger partial charge in [-0.2, -0.15) is 56.1 Å². The van der Waals surface area contributed by atoms with Crippen molar-refractivity contribution in [3.63, 3.8) is 0 Å². The molecule has 0 aliphatic carbocycles. The smallest absolute Gasteiger partial charge is 0.404 e. The number of carbonyl (C=O) groups is 5. The van der Waals surface area contributed by atoms with Crippen LogP contribution in [0.15, 0.2) is 0 Å². The van der Waals surface area contributed by atoms with Crippen LogP contribution in [0.25, 0.3) is 0 Å². The number of aliphatic hydroxyl groups is 9. The van der Waals surface area contributed by atoms with E-state index in [1.165, 1.54) is 0 Å². The van der Waals surface area contributed by atoms with Gasteiger partial charge in [0.25, 0.3) is 0 Å². The SMILES string of the molecule is O=C(O)CCCCCCCCCCC(=O)NC(CCC(=O)NCCOCCOCCN1CC(COC2CC(C(F)(F)F)NC(NC3CO[C@H](CO)[C@H](O)[C@@H]3O)N2)NN1)(CCC(=O)NCCOCCOCCN1CC(COC2CC(C(F)(F)F)NC(N[C@H]3CO[C@H](CO)[C@H](O)[C@@H]3O)N2)NN1)CCC(=O)NCCOCCOCCN1CC(COC2CC(C(F)(F)F)NC(N[C@H]3CO[C@H](CO)C(O)[C@@H]3O)N2)NN1. The molecular formula is C82H151F9N22O27. The Bertz CT molecular complexity index is 3200. The number of carboxylic acid groups (broad SMARTS) is 1. The molecule has 4 amide bonds. The van der Waals surface area contributed by atoms with Gasteiger partial charge in [0.15, 0.2) is 0 Å². The molecule has 0 bridgehead atoms. The molecule has 29 N–H and O–H groups in total. The number of amides is 4. The van der Waals surface area contributed by atoms with E-state index in [9.17, 15) is 109 Å². The average Bonchev–Trinajstić information content (AvgIpc) is 1.37. The van der Waals surface area contributed by atoms with E-state index in [2.05, 4.69) is 102 Å². The Hall–Kier alpha value is -4.84. The highest BCUT2D eigenvalue weighted by molar-refractivity contribution is 5.80. The van der Waals surface area contributed by atoms with Crippen LogP contribution in [0.1, 0.15) is 122 Å². The highest BCUT2D eigenvalue weighted by atomic mass is 19.4. The number of aliphatic hydroxyl groups excluding tert-OH is 9. The molecule has 9 saturated heterocycles. The molecule has 25 atom stereocenters. The number of carbonyl (C=O) groups excluding carboxylic acids is 4. The maximum atomic E-state index is 14.1. The van der Waals surface area contributed by atoms with E-state index in [1.807, 2.05) is 0 Å². The van der Waals surface area contributed by atoms with E-state index in [0.29, 0.717) is 58.5 Å². The number of hydrogen-bond donors (Lipinski definition) is 29. The largest absolute Gasteiger partial charge is 0.481 e. The van der Waals surface area contributed by atoms with Crippen molar-refractivity contribution in [1.82, 2.24) is 117 Å². The van der Waals surface area contributed by atoms with Gasteiger partial charge in [0.2, 0.25) is 23.6 Å². The standard InChI is InChI=1S/C82H151F9N22O27/c83-80(84,85)59-35-66(101-76(98-59)95-53-47-135-56(41-114)73(126)70(53)123)138-44-50-38-111(108-105-50)20-26-132-32-29-129-23-17-92-62(117)11-14-79(104-65(120)9-7-5-3-1-2-4-6-8-10-69(121)122,15-12-63(118)93-18-24-130-30-33-133-27-21-112-39-51(106-109-112)45-139-67-36-60(81(86,87)88)99-77(102-67)96-54-48-136-57(42-115)74(127)71(54)124)16-13-64(119)94-19-25-131-31-34-134-28-22-113-40-52(107-110-113)46-140-68-37-61(82(89,90)91)100-78(103-68)97-55-49-137-58(43-116)75(128)72(55)125/h50-61,66-68,70-78,95-103,105-110,114-116,123-128H,1-49H2,(H,92,117)(H,93,118)(H,94,119)(H,104,120)(H,121,122)/t50?,51?,52?,53-,54-,55?,56+,57+,58+,59?,60?,61?,66?,67?,68?,70+,71+,72+,73-,74?,75-,76?,77?,78?,79?/m0/s1. The molecule has 49 nitrogen and oxygen atoms in total. The number of aliphatic carboxylic acids is 1. The number of halogens is 9. The van der Waals surface area contributed by atoms with Crippen LogP contribution in [0.2, 0.25) is 0 Å². The molecule has 0 saturated carbocycles. The third kappa shape index (κ3) is 43.2. The minimum atomic E-state index is -4.64. The number of unbranched alkanes of at least 4 members (excludes halogenated alkanes) is 7. The Labute approximate surface area is 805 Å². The summed E-state index contributed by atoms with van der Waals surface area (Å²) in [5.74, 6) is -2.42. The molecule has 0 aromatic rings. The van der Waals surface area contributed by atoms with Crippen LogP contribution in [0, 0.1) is 0 Å². The van der Waals surface area contributed by atoms with Crippen molar-refractivity contribution >= 4 is 29.6 Å². The van der Waals surface area contributed by atoms with Gasteiger partial charge in [0.05, 0.1) is 175 Å². The molecule has 140 heavy (non-hydrogen) atoms. The Morgan fingerprint density at radius 3 is 0.929 bits per heavy atom. The monoisotopic (exact) mass is 2050 g/mol. The molecule has 0 aromatic heterocycles. The van der Waals surface area contributed by atoms with E-state index in [-0.39, 0.29) is 214 Å². The fraction of sp³-hybridized carbons (Fsp3) is 0.939. The number of hydrogen-bond acceptors (Lipinski definition) is 44. The molecule has 0 spiro atoms. The quantitative estimate of drug-likeness (QED) is 0.0199. The minimum absolute atomic E-state index is 0.00277. The van der Waals surface area contributed by atoms with Crippen molar-refractivity contribution in [1.29, 1.82) is 0 Å². The molecule has 9 aliphatic heterocycles. The van der Waals surface area contributed by atoms with Crippen LogP contribution in [0.5, 0.6) is 0 Å². The van der Waals surface area contributed by atoms with Gasteiger partial charge >= 0.3 is 24.5 Å². The first-order valence-electron chi connectivity index (χ1n) is 48.3. The van der Waals surface area contributed by atoms with Crippen molar-refractivity contribution in [3.05, 3.63) is 0 Å². The van der Waals surface area contributed by atoms with Gasteiger partial charge in [-0.1, -0.05) is 38.5 Å². The lowest BCUT2D eigenvalue weighted by atomic mass is 9.82. The predicted molar refractivity (Wildman–Crippen MR) is 471 cm³/mol. The van der Waals surface area contributed by atoms with Gasteiger partial charge in [-0.05, 0) is 32.1 Å². The molecule has 15 unspecified atom stereocenters. The average molecular weight is 2050 g/mol. The number of nitrogens with zero attached hydrogens (tertiary/aromatic N) is 3. The Kier molecular flexibility index (Phi) is 53.0. The number of nitrogens with one attached hydrogen (secondary N) is 19. The predicted octanol–water partition coefficient (Wildman–Crippen LogP) is -8.67. The molecule has 58 heteroatoms. The molecule has 814 valence electrons. The highest BCUT2D eigenvalue weighted by Gasteiger charge is 2.52. The Morgan fingerprint density at radius 2 is 0.643 bits per heavy atom. The number of hydrazine groups is 6. The van der Waals surface area contributed by atoms with Crippen LogP contribution in [0.4, 0.5) is 39.5 Å². The van der Waals surface area contributed by atoms with E-state index >= 15 is 0 Å². The molecule has 0 aromatic carbocycles. The third-order valence-electron chi connectivity index (χ3n) is 25.2. The van der Waals surface area contributed by atoms with Crippen LogP contribution >= 0.6 is 0 Å². The summed E-state index contributed by atoms with van der Waals surface area (Å²) in [6.45, 7) is 2.28. The number of carboxylic acids is 1. The lowest BCUT2D eigenvalue weighted by Crippen LogP contribution is -2.72. The van der Waals surface area contributed by atoms with Crippen molar-refractivity contribution < 1.29 is 171 Å². The van der Waals surface area contributed by atoms with Gasteiger partial charge in [0, 0.05) is 116 Å². The van der Waals surface area contributed by atoms with Crippen LogP contribution in [-0.2, 0) is 80.8 Å². The summed E-state index contributed by atoms with van der Waals surface area (Å²) in [5, 5.41) is 141. The van der Waals surface area contributed by atoms with Crippen LogP contribution < -0.4 is 102 Å². The molecule has 9 fully saturated rings.